The van der Waals surface area contributed by atoms with Crippen LogP contribution in [0.15, 0.2) is 135 Å². The Kier molecular flexibility index (Phi) is 7.96. The molecule has 0 fully saturated rings. The highest BCUT2D eigenvalue weighted by Crippen LogP contribution is 2.73. The molecule has 0 aromatic heterocycles. The van der Waals surface area contributed by atoms with Crippen molar-refractivity contribution in [3.63, 3.8) is 0 Å². The highest BCUT2D eigenvalue weighted by atomic mass is 32.3. The maximum atomic E-state index is 3.86. The first-order valence-corrected chi connectivity index (χ1v) is 16.8. The van der Waals surface area contributed by atoms with Gasteiger partial charge in [0.1, 0.15) is 54.9 Å². The van der Waals surface area contributed by atoms with Crippen LogP contribution in [0.1, 0.15) is 0 Å². The average molecular weight is 564 g/mol. The second-order valence-corrected chi connectivity index (χ2v) is 14.8. The van der Waals surface area contributed by atoms with Crippen LogP contribution in [0.4, 0.5) is 11.4 Å². The first-order valence-electron chi connectivity index (χ1n) is 15.1. The van der Waals surface area contributed by atoms with Gasteiger partial charge in [-0.3, -0.25) is 0 Å². The summed E-state index contributed by atoms with van der Waals surface area (Å²) < 4.78 is 0. The maximum absolute atomic E-state index is 3.86. The van der Waals surface area contributed by atoms with Gasteiger partial charge in [-0.15, -0.1) is 21.0 Å². The zero-order valence-corrected chi connectivity index (χ0v) is 27.2. The van der Waals surface area contributed by atoms with Gasteiger partial charge in [-0.2, -0.15) is 0 Å². The predicted molar refractivity (Wildman–Crippen MR) is 211 cm³/mol. The van der Waals surface area contributed by atoms with Crippen molar-refractivity contribution in [2.45, 2.75) is 19.6 Å². The maximum Gasteiger partial charge on any atom is 0.142 e. The Hall–Kier alpha value is -3.82. The normalized spacial score (nSPS) is 11.8. The fraction of sp³-hybridized carbons (Fsp3) is 0. The third kappa shape index (κ3) is 4.79. The first-order chi connectivity index (χ1) is 20.8. The van der Waals surface area contributed by atoms with Crippen LogP contribution in [0.2, 0.25) is 0 Å². The number of rotatable bonds is 6. The first kappa shape index (κ1) is 29.3. The average Bonchev–Trinajstić information content (AvgIpc) is 3.05. The van der Waals surface area contributed by atoms with Crippen molar-refractivity contribution < 1.29 is 0 Å². The molecular formula is C34H34B7NS. The van der Waals surface area contributed by atoms with Crippen LogP contribution in [0.5, 0.6) is 0 Å². The Labute approximate surface area is 264 Å². The van der Waals surface area contributed by atoms with Gasteiger partial charge in [-0.25, -0.2) is 0 Å². The molecule has 0 aliphatic rings. The number of benzene rings is 6. The van der Waals surface area contributed by atoms with Gasteiger partial charge in [0.25, 0.3) is 0 Å². The fourth-order valence-corrected chi connectivity index (χ4v) is 10.7. The number of fused-ring (bicyclic) bond motifs is 1. The molecule has 0 spiro atoms. The van der Waals surface area contributed by atoms with E-state index in [1.807, 2.05) is 0 Å². The van der Waals surface area contributed by atoms with E-state index in [2.05, 4.69) is 176 Å². The molecule has 9 heteroatoms. The molecule has 0 saturated carbocycles. The van der Waals surface area contributed by atoms with Crippen molar-refractivity contribution in [3.8, 4) is 0 Å². The van der Waals surface area contributed by atoms with Gasteiger partial charge in [0.05, 0.1) is 0 Å². The minimum atomic E-state index is -1.70. The van der Waals surface area contributed by atoms with Crippen molar-refractivity contribution in [3.05, 3.63) is 115 Å². The summed E-state index contributed by atoms with van der Waals surface area (Å²) >= 11 is 0. The molecule has 0 aliphatic carbocycles. The van der Waals surface area contributed by atoms with Crippen molar-refractivity contribution in [2.75, 3.05) is 5.32 Å². The second kappa shape index (κ2) is 11.7. The molecule has 6 aromatic carbocycles. The van der Waals surface area contributed by atoms with Crippen molar-refractivity contribution in [2.24, 2.45) is 0 Å². The Bertz CT molecular complexity index is 1850. The molecule has 6 aromatic rings. The molecule has 1 nitrogen and oxygen atoms in total. The number of anilines is 2. The number of hydrogen-bond donors (Lipinski definition) is 1. The van der Waals surface area contributed by atoms with Crippen LogP contribution in [0.25, 0.3) is 10.8 Å². The summed E-state index contributed by atoms with van der Waals surface area (Å²) in [6.45, 7) is 0. The molecule has 43 heavy (non-hydrogen) atoms. The van der Waals surface area contributed by atoms with E-state index in [0.29, 0.717) is 0 Å². The molecule has 0 radical (unpaired) electrons. The Balaban J connectivity index is 1.51. The summed E-state index contributed by atoms with van der Waals surface area (Å²) in [7, 11) is 14.2. The molecule has 0 unspecified atom stereocenters. The molecular weight excluding hydrogens is 530 g/mol. The minimum absolute atomic E-state index is 1.11. The van der Waals surface area contributed by atoms with E-state index in [9.17, 15) is 0 Å². The molecule has 0 aliphatic heterocycles. The monoisotopic (exact) mass is 565 g/mol. The smallest absolute Gasteiger partial charge is 0.142 e. The summed E-state index contributed by atoms with van der Waals surface area (Å²) in [5, 5.41) is 6.67. The van der Waals surface area contributed by atoms with E-state index in [1.165, 1.54) is 74.3 Å². The Morgan fingerprint density at radius 1 is 0.349 bits per heavy atom. The van der Waals surface area contributed by atoms with Crippen LogP contribution in [0, 0.1) is 0 Å². The molecule has 0 atom stereocenters. The SMILES string of the molecule is Bc1c(B)c(B)c2c(B)c(Nc3ccc(S(c4ccccc4)(c4ccccc4)c4ccccc4)cc3)c(B)c(B)c2c1B. The lowest BCUT2D eigenvalue weighted by molar-refractivity contribution is 1.24. The highest BCUT2D eigenvalue weighted by molar-refractivity contribution is 8.34. The lowest BCUT2D eigenvalue weighted by atomic mass is 9.59. The van der Waals surface area contributed by atoms with Crippen LogP contribution in [-0.4, -0.2) is 54.9 Å². The lowest BCUT2D eigenvalue weighted by Crippen LogP contribution is -2.52. The Morgan fingerprint density at radius 2 is 0.698 bits per heavy atom. The van der Waals surface area contributed by atoms with Gasteiger partial charge in [0.15, 0.2) is 0 Å². The van der Waals surface area contributed by atoms with Crippen LogP contribution >= 0.6 is 10.0 Å². The summed E-state index contributed by atoms with van der Waals surface area (Å²) in [5.41, 5.74) is 11.9. The molecule has 0 saturated heterocycles. The second-order valence-electron chi connectivity index (χ2n) is 11.7. The lowest BCUT2D eigenvalue weighted by Gasteiger charge is -2.42. The molecule has 202 valence electrons. The zero-order valence-electron chi connectivity index (χ0n) is 26.4. The predicted octanol–water partition coefficient (Wildman–Crippen LogP) is -2.27. The largest absolute Gasteiger partial charge is 0.356 e. The summed E-state index contributed by atoms with van der Waals surface area (Å²) in [6.07, 6.45) is 0. The van der Waals surface area contributed by atoms with Gasteiger partial charge < -0.3 is 5.32 Å². The number of nitrogens with one attached hydrogen (secondary N) is 1. The van der Waals surface area contributed by atoms with Gasteiger partial charge in [-0.1, -0.05) is 81.9 Å². The molecule has 0 bridgehead atoms. The standard InChI is InChI=1S/C34H34B7NS/c35-27-25-26(28(36)32(40)31(27)39)30(38)34(33(41)29(25)37)42-20-16-18-24(19-17-20)43(21-10-4-1-5-11-21,22-12-6-2-7-13-22)23-14-8-3-9-15-23/h1-19,42H,35-41H2. The summed E-state index contributed by atoms with van der Waals surface area (Å²) in [5.74, 6) is 0. The van der Waals surface area contributed by atoms with Gasteiger partial charge >= 0.3 is 0 Å². The van der Waals surface area contributed by atoms with E-state index in [-0.39, 0.29) is 0 Å². The quantitative estimate of drug-likeness (QED) is 0.226. The van der Waals surface area contributed by atoms with Gasteiger partial charge in [0, 0.05) is 31.0 Å². The topological polar surface area (TPSA) is 12.0 Å². The van der Waals surface area contributed by atoms with Crippen LogP contribution in [0.3, 0.4) is 0 Å². The molecule has 0 heterocycles. The van der Waals surface area contributed by atoms with E-state index in [1.54, 1.807) is 0 Å². The Morgan fingerprint density at radius 3 is 1.12 bits per heavy atom. The number of hydrogen-bond acceptors (Lipinski definition) is 1. The molecule has 0 amide bonds. The van der Waals surface area contributed by atoms with Crippen molar-refractivity contribution >= 4 is 125 Å². The third-order valence-electron chi connectivity index (χ3n) is 9.52. The zero-order chi connectivity index (χ0) is 30.3. The summed E-state index contributed by atoms with van der Waals surface area (Å²) in [6, 6.07) is 42.3. The van der Waals surface area contributed by atoms with Crippen molar-refractivity contribution in [1.82, 2.24) is 0 Å². The highest BCUT2D eigenvalue weighted by Gasteiger charge is 2.33. The van der Waals surface area contributed by atoms with E-state index in [0.717, 1.165) is 5.69 Å². The van der Waals surface area contributed by atoms with E-state index < -0.39 is 10.0 Å². The fourth-order valence-electron chi connectivity index (χ4n) is 6.80. The van der Waals surface area contributed by atoms with Crippen LogP contribution in [-0.2, 0) is 0 Å². The van der Waals surface area contributed by atoms with Crippen molar-refractivity contribution in [1.29, 1.82) is 0 Å². The summed E-state index contributed by atoms with van der Waals surface area (Å²) in [4.78, 5) is 5.33. The van der Waals surface area contributed by atoms with E-state index >= 15 is 0 Å². The van der Waals surface area contributed by atoms with E-state index in [4.69, 9.17) is 0 Å². The van der Waals surface area contributed by atoms with Gasteiger partial charge in [-0.05, 0) is 71.4 Å². The van der Waals surface area contributed by atoms with Gasteiger partial charge in [0.2, 0.25) is 0 Å². The van der Waals surface area contributed by atoms with Crippen LogP contribution < -0.4 is 43.6 Å². The third-order valence-corrected chi connectivity index (χ3v) is 13.4. The molecule has 1 N–H and O–H groups in total. The minimum Gasteiger partial charge on any atom is -0.356 e. The molecule has 6 rings (SSSR count).